The zero-order chi connectivity index (χ0) is 13.8. The number of rotatable bonds is 6. The quantitative estimate of drug-likeness (QED) is 0.772. The van der Waals surface area contributed by atoms with E-state index >= 15 is 0 Å². The largest absolute Gasteiger partial charge is 0.306 e. The summed E-state index contributed by atoms with van der Waals surface area (Å²) in [5.41, 5.74) is 2.37. The van der Waals surface area contributed by atoms with Crippen molar-refractivity contribution in [1.29, 1.82) is 0 Å². The highest BCUT2D eigenvalue weighted by atomic mass is 79.9. The van der Waals surface area contributed by atoms with E-state index in [-0.39, 0.29) is 0 Å². The van der Waals surface area contributed by atoms with Gasteiger partial charge in [0.25, 0.3) is 0 Å². The molecule has 0 bridgehead atoms. The van der Waals surface area contributed by atoms with Gasteiger partial charge in [0.05, 0.1) is 15.9 Å². The van der Waals surface area contributed by atoms with Crippen LogP contribution in [-0.4, -0.2) is 9.78 Å². The van der Waals surface area contributed by atoms with Crippen molar-refractivity contribution >= 4 is 43.2 Å². The summed E-state index contributed by atoms with van der Waals surface area (Å²) < 4.78 is 4.37. The number of hydrogen-bond acceptors (Lipinski definition) is 3. The third kappa shape index (κ3) is 3.68. The van der Waals surface area contributed by atoms with Gasteiger partial charge in [-0.05, 0) is 51.3 Å². The molecule has 0 saturated heterocycles. The van der Waals surface area contributed by atoms with Gasteiger partial charge in [0.2, 0.25) is 0 Å². The molecule has 0 atom stereocenters. The van der Waals surface area contributed by atoms with E-state index in [2.05, 4.69) is 72.3 Å². The van der Waals surface area contributed by atoms with Crippen molar-refractivity contribution < 1.29 is 0 Å². The Morgan fingerprint density at radius 1 is 1.32 bits per heavy atom. The molecule has 0 unspecified atom stereocenters. The maximum Gasteiger partial charge on any atom is 0.0767 e. The van der Waals surface area contributed by atoms with E-state index in [1.807, 2.05) is 0 Å². The number of aromatic nitrogens is 2. The molecule has 104 valence electrons. The van der Waals surface area contributed by atoms with Crippen molar-refractivity contribution in [2.45, 2.75) is 39.9 Å². The lowest BCUT2D eigenvalue weighted by molar-refractivity contribution is 0.578. The fraction of sp³-hybridized carbons (Fsp3) is 0.462. The molecular formula is C13H17Br2N3S. The van der Waals surface area contributed by atoms with Crippen LogP contribution in [-0.2, 0) is 26.1 Å². The Morgan fingerprint density at radius 2 is 2.11 bits per heavy atom. The highest BCUT2D eigenvalue weighted by Gasteiger charge is 2.13. The van der Waals surface area contributed by atoms with Gasteiger partial charge in [0, 0.05) is 34.4 Å². The van der Waals surface area contributed by atoms with E-state index in [0.29, 0.717) is 0 Å². The molecule has 0 saturated carbocycles. The van der Waals surface area contributed by atoms with Crippen LogP contribution in [0.4, 0.5) is 0 Å². The van der Waals surface area contributed by atoms with Crippen LogP contribution in [0.1, 0.15) is 30.1 Å². The summed E-state index contributed by atoms with van der Waals surface area (Å²) in [6.07, 6.45) is 0.957. The van der Waals surface area contributed by atoms with Crippen LogP contribution in [0.5, 0.6) is 0 Å². The molecule has 2 heterocycles. The highest BCUT2D eigenvalue weighted by molar-refractivity contribution is 9.10. The first-order valence-electron chi connectivity index (χ1n) is 6.33. The number of halogens is 2. The Morgan fingerprint density at radius 3 is 2.68 bits per heavy atom. The van der Waals surface area contributed by atoms with Gasteiger partial charge in [-0.1, -0.05) is 6.92 Å². The van der Waals surface area contributed by atoms with Crippen molar-refractivity contribution in [2.75, 3.05) is 0 Å². The molecular weight excluding hydrogens is 390 g/mol. The third-order valence-electron chi connectivity index (χ3n) is 2.91. The predicted molar refractivity (Wildman–Crippen MR) is 87.5 cm³/mol. The van der Waals surface area contributed by atoms with Gasteiger partial charge in [0.15, 0.2) is 0 Å². The Labute approximate surface area is 134 Å². The van der Waals surface area contributed by atoms with Crippen LogP contribution < -0.4 is 5.32 Å². The molecule has 0 spiro atoms. The Balaban J connectivity index is 2.00. The molecule has 19 heavy (non-hydrogen) atoms. The van der Waals surface area contributed by atoms with Crippen molar-refractivity contribution in [3.8, 4) is 0 Å². The van der Waals surface area contributed by atoms with E-state index in [0.717, 1.165) is 40.7 Å². The molecule has 2 rings (SSSR count). The number of hydrogen-bond donors (Lipinski definition) is 1. The lowest BCUT2D eigenvalue weighted by Gasteiger charge is -2.06. The fourth-order valence-corrected chi connectivity index (χ4v) is 4.06. The first-order valence-corrected chi connectivity index (χ1v) is 8.79. The lowest BCUT2D eigenvalue weighted by Crippen LogP contribution is -2.16. The number of nitrogens with one attached hydrogen (secondary N) is 1. The third-order valence-corrected chi connectivity index (χ3v) is 5.52. The molecule has 2 aromatic rings. The van der Waals surface area contributed by atoms with E-state index in [1.165, 1.54) is 10.6 Å². The van der Waals surface area contributed by atoms with Gasteiger partial charge >= 0.3 is 0 Å². The monoisotopic (exact) mass is 405 g/mol. The number of aryl methyl sites for hydroxylation is 2. The van der Waals surface area contributed by atoms with Crippen LogP contribution in [0, 0.1) is 0 Å². The minimum absolute atomic E-state index is 0.830. The molecule has 0 aliphatic carbocycles. The van der Waals surface area contributed by atoms with Crippen molar-refractivity contribution in [2.24, 2.45) is 0 Å². The maximum atomic E-state index is 4.60. The summed E-state index contributed by atoms with van der Waals surface area (Å²) in [7, 11) is 0. The van der Waals surface area contributed by atoms with Gasteiger partial charge in [-0.3, -0.25) is 4.68 Å². The molecule has 2 aromatic heterocycles. The van der Waals surface area contributed by atoms with Crippen LogP contribution in [0.2, 0.25) is 0 Å². The topological polar surface area (TPSA) is 29.9 Å². The van der Waals surface area contributed by atoms with E-state index in [4.69, 9.17) is 0 Å². The second-order valence-corrected chi connectivity index (χ2v) is 6.92. The van der Waals surface area contributed by atoms with Crippen LogP contribution in [0.15, 0.2) is 20.4 Å². The maximum absolute atomic E-state index is 4.60. The van der Waals surface area contributed by atoms with Crippen LogP contribution in [0.3, 0.4) is 0 Å². The summed E-state index contributed by atoms with van der Waals surface area (Å²) >= 11 is 8.91. The lowest BCUT2D eigenvalue weighted by atomic mass is 10.3. The minimum atomic E-state index is 0.830. The molecule has 6 heteroatoms. The van der Waals surface area contributed by atoms with Gasteiger partial charge in [0.1, 0.15) is 0 Å². The Kier molecular flexibility index (Phi) is 5.62. The first kappa shape index (κ1) is 15.2. The second-order valence-electron chi connectivity index (χ2n) is 4.21. The zero-order valence-corrected chi connectivity index (χ0v) is 15.0. The molecule has 0 aliphatic heterocycles. The highest BCUT2D eigenvalue weighted by Crippen LogP contribution is 2.23. The zero-order valence-electron chi connectivity index (χ0n) is 11.0. The van der Waals surface area contributed by atoms with Crippen LogP contribution in [0.25, 0.3) is 0 Å². The van der Waals surface area contributed by atoms with Gasteiger partial charge < -0.3 is 5.32 Å². The normalized spacial score (nSPS) is 11.2. The molecule has 3 nitrogen and oxygen atoms in total. The standard InChI is InChI=1S/C13H17Br2N3S/c1-3-11-13(15)12(18(4-2)17-11)7-16-6-10-5-9(14)8-19-10/h5,8,16H,3-4,6-7H2,1-2H3. The van der Waals surface area contributed by atoms with Crippen LogP contribution >= 0.6 is 43.2 Å². The molecule has 0 amide bonds. The molecule has 0 aliphatic rings. The van der Waals surface area contributed by atoms with Gasteiger partial charge in [-0.2, -0.15) is 5.10 Å². The molecule has 0 aromatic carbocycles. The molecule has 0 fully saturated rings. The van der Waals surface area contributed by atoms with Gasteiger partial charge in [-0.25, -0.2) is 0 Å². The second kappa shape index (κ2) is 7.02. The van der Waals surface area contributed by atoms with Crippen molar-refractivity contribution in [1.82, 2.24) is 15.1 Å². The van der Waals surface area contributed by atoms with Gasteiger partial charge in [-0.15, -0.1) is 11.3 Å². The van der Waals surface area contributed by atoms with Crippen molar-refractivity contribution in [3.63, 3.8) is 0 Å². The predicted octanol–water partition coefficient (Wildman–Crippen LogP) is 4.34. The summed E-state index contributed by atoms with van der Waals surface area (Å²) in [4.78, 5) is 1.33. The average Bonchev–Trinajstić information content (AvgIpc) is 2.94. The Bertz CT molecular complexity index is 548. The first-order chi connectivity index (χ1) is 9.15. The molecule has 1 N–H and O–H groups in total. The number of thiophene rings is 1. The minimum Gasteiger partial charge on any atom is -0.306 e. The van der Waals surface area contributed by atoms with E-state index in [9.17, 15) is 0 Å². The SMILES string of the molecule is CCc1nn(CC)c(CNCc2cc(Br)cs2)c1Br. The van der Waals surface area contributed by atoms with E-state index < -0.39 is 0 Å². The van der Waals surface area contributed by atoms with E-state index in [1.54, 1.807) is 11.3 Å². The smallest absolute Gasteiger partial charge is 0.0767 e. The summed E-state index contributed by atoms with van der Waals surface area (Å²) in [5.74, 6) is 0. The number of nitrogens with zero attached hydrogens (tertiary/aromatic N) is 2. The average molecular weight is 407 g/mol. The summed E-state index contributed by atoms with van der Waals surface area (Å²) in [5, 5.41) is 10.2. The van der Waals surface area contributed by atoms with Crippen molar-refractivity contribution in [3.05, 3.63) is 36.7 Å². The summed E-state index contributed by atoms with van der Waals surface area (Å²) in [6.45, 7) is 6.88. The fourth-order valence-electron chi connectivity index (χ4n) is 1.94. The molecule has 0 radical (unpaired) electrons. The Hall–Kier alpha value is -0.170. The summed E-state index contributed by atoms with van der Waals surface area (Å²) in [6, 6.07) is 2.15.